The minimum Gasteiger partial charge on any atom is -0.340 e. The van der Waals surface area contributed by atoms with Crippen LogP contribution < -0.4 is 0 Å². The number of benzene rings is 2. The van der Waals surface area contributed by atoms with Crippen molar-refractivity contribution in [3.05, 3.63) is 102 Å². The highest BCUT2D eigenvalue weighted by Crippen LogP contribution is 2.27. The summed E-state index contributed by atoms with van der Waals surface area (Å²) >= 11 is 0. The van der Waals surface area contributed by atoms with Crippen LogP contribution in [0.5, 0.6) is 0 Å². The molecule has 2 heterocycles. The van der Waals surface area contributed by atoms with Crippen molar-refractivity contribution in [1.29, 1.82) is 0 Å². The van der Waals surface area contributed by atoms with Crippen molar-refractivity contribution >= 4 is 11.8 Å². The summed E-state index contributed by atoms with van der Waals surface area (Å²) in [5, 5.41) is 0. The topological polar surface area (TPSA) is 53.5 Å². The predicted molar refractivity (Wildman–Crippen MR) is 116 cm³/mol. The largest absolute Gasteiger partial charge is 0.340 e. The van der Waals surface area contributed by atoms with E-state index < -0.39 is 0 Å². The molecule has 0 aliphatic carbocycles. The second-order valence-corrected chi connectivity index (χ2v) is 7.50. The zero-order valence-electron chi connectivity index (χ0n) is 16.9. The number of aromatic nitrogens is 1. The van der Waals surface area contributed by atoms with Gasteiger partial charge in [-0.3, -0.25) is 14.6 Å². The van der Waals surface area contributed by atoms with Gasteiger partial charge in [-0.2, -0.15) is 0 Å². The van der Waals surface area contributed by atoms with E-state index in [9.17, 15) is 9.59 Å². The molecule has 4 rings (SSSR count). The third-order valence-electron chi connectivity index (χ3n) is 5.54. The quantitative estimate of drug-likeness (QED) is 0.660. The molecule has 0 atom stereocenters. The van der Waals surface area contributed by atoms with Crippen LogP contribution in [0.25, 0.3) is 0 Å². The van der Waals surface area contributed by atoms with E-state index in [4.69, 9.17) is 0 Å². The molecule has 0 radical (unpaired) electrons. The fourth-order valence-electron chi connectivity index (χ4n) is 3.91. The van der Waals surface area contributed by atoms with Crippen molar-refractivity contribution in [2.24, 2.45) is 0 Å². The van der Waals surface area contributed by atoms with Crippen LogP contribution in [0.1, 0.15) is 29.0 Å². The van der Waals surface area contributed by atoms with Gasteiger partial charge in [-0.15, -0.1) is 0 Å². The average molecular weight is 399 g/mol. The number of carbonyl (C=O) groups is 2. The molecule has 30 heavy (non-hydrogen) atoms. The molecule has 0 unspecified atom stereocenters. The second-order valence-electron chi connectivity index (χ2n) is 7.50. The van der Waals surface area contributed by atoms with E-state index in [0.29, 0.717) is 32.6 Å². The minimum absolute atomic E-state index is 0.0472. The third kappa shape index (κ3) is 4.57. The molecule has 0 bridgehead atoms. The van der Waals surface area contributed by atoms with E-state index in [2.05, 4.69) is 4.98 Å². The second kappa shape index (κ2) is 9.35. The number of pyridine rings is 1. The number of nitrogens with zero attached hydrogens (tertiary/aromatic N) is 3. The fourth-order valence-corrected chi connectivity index (χ4v) is 3.91. The Hall–Kier alpha value is -3.47. The highest BCUT2D eigenvalue weighted by molar-refractivity contribution is 5.88. The fraction of sp³-hybridized carbons (Fsp3) is 0.240. The lowest BCUT2D eigenvalue weighted by Crippen LogP contribution is -2.38. The number of amides is 2. The highest BCUT2D eigenvalue weighted by atomic mass is 16.2. The van der Waals surface area contributed by atoms with Crippen molar-refractivity contribution < 1.29 is 9.59 Å². The molecule has 2 aromatic carbocycles. The van der Waals surface area contributed by atoms with Gasteiger partial charge in [-0.1, -0.05) is 60.7 Å². The molecule has 1 aliphatic heterocycles. The lowest BCUT2D eigenvalue weighted by atomic mass is 9.90. The first-order valence-corrected chi connectivity index (χ1v) is 10.3. The standard InChI is InChI=1S/C25H25N3O2/c29-23-13-16-27(17-18-28(23)19-20-11-14-26-15-12-20)25(30)24(21-7-3-1-4-8-21)22-9-5-2-6-10-22/h1-12,14-15,24H,13,16-19H2. The Morgan fingerprint density at radius 3 is 2.03 bits per heavy atom. The molecule has 1 aromatic heterocycles. The minimum atomic E-state index is -0.366. The maximum absolute atomic E-state index is 13.6. The van der Waals surface area contributed by atoms with Gasteiger partial charge in [0.1, 0.15) is 0 Å². The number of carbonyl (C=O) groups excluding carboxylic acids is 2. The average Bonchev–Trinajstić information content (AvgIpc) is 2.98. The van der Waals surface area contributed by atoms with Gasteiger partial charge in [0, 0.05) is 45.0 Å². The predicted octanol–water partition coefficient (Wildman–Crippen LogP) is 3.47. The number of hydrogen-bond donors (Lipinski definition) is 0. The van der Waals surface area contributed by atoms with Gasteiger partial charge >= 0.3 is 0 Å². The zero-order valence-corrected chi connectivity index (χ0v) is 16.9. The van der Waals surface area contributed by atoms with E-state index in [1.165, 1.54) is 0 Å². The van der Waals surface area contributed by atoms with Crippen LogP contribution in [0.3, 0.4) is 0 Å². The van der Waals surface area contributed by atoms with Crippen LogP contribution in [-0.2, 0) is 16.1 Å². The Labute approximate surface area is 177 Å². The molecule has 1 aliphatic rings. The van der Waals surface area contributed by atoms with E-state index in [0.717, 1.165) is 16.7 Å². The van der Waals surface area contributed by atoms with Gasteiger partial charge in [0.25, 0.3) is 0 Å². The van der Waals surface area contributed by atoms with E-state index in [1.807, 2.05) is 82.6 Å². The van der Waals surface area contributed by atoms with E-state index >= 15 is 0 Å². The van der Waals surface area contributed by atoms with Gasteiger partial charge in [0.05, 0.1) is 5.92 Å². The summed E-state index contributed by atoms with van der Waals surface area (Å²) in [7, 11) is 0. The molecule has 3 aromatic rings. The first kappa shape index (κ1) is 19.8. The molecular weight excluding hydrogens is 374 g/mol. The van der Waals surface area contributed by atoms with Crippen molar-refractivity contribution in [3.63, 3.8) is 0 Å². The van der Waals surface area contributed by atoms with Crippen LogP contribution in [0.15, 0.2) is 85.2 Å². The molecule has 5 nitrogen and oxygen atoms in total. The molecule has 2 amide bonds. The smallest absolute Gasteiger partial charge is 0.234 e. The van der Waals surface area contributed by atoms with Crippen molar-refractivity contribution in [2.75, 3.05) is 19.6 Å². The Kier molecular flexibility index (Phi) is 6.18. The summed E-state index contributed by atoms with van der Waals surface area (Å²) in [5.41, 5.74) is 2.99. The zero-order chi connectivity index (χ0) is 20.8. The van der Waals surface area contributed by atoms with Gasteiger partial charge in [-0.25, -0.2) is 0 Å². The summed E-state index contributed by atoms with van der Waals surface area (Å²) in [6.45, 7) is 2.06. The molecule has 1 saturated heterocycles. The third-order valence-corrected chi connectivity index (χ3v) is 5.54. The van der Waals surface area contributed by atoms with Gasteiger partial charge < -0.3 is 9.80 Å². The van der Waals surface area contributed by atoms with Crippen molar-refractivity contribution in [2.45, 2.75) is 18.9 Å². The Bertz CT molecular complexity index is 938. The Balaban J connectivity index is 1.53. The summed E-state index contributed by atoms with van der Waals surface area (Å²) in [4.78, 5) is 34.0. The number of hydrogen-bond acceptors (Lipinski definition) is 3. The lowest BCUT2D eigenvalue weighted by Gasteiger charge is -2.27. The van der Waals surface area contributed by atoms with Gasteiger partial charge in [-0.05, 0) is 28.8 Å². The van der Waals surface area contributed by atoms with Crippen molar-refractivity contribution in [1.82, 2.24) is 14.8 Å². The van der Waals surface area contributed by atoms with Crippen LogP contribution in [0.2, 0.25) is 0 Å². The molecular formula is C25H25N3O2. The van der Waals surface area contributed by atoms with Gasteiger partial charge in [0.15, 0.2) is 0 Å². The molecule has 0 N–H and O–H groups in total. The Morgan fingerprint density at radius 1 is 0.833 bits per heavy atom. The molecule has 152 valence electrons. The molecule has 5 heteroatoms. The first-order valence-electron chi connectivity index (χ1n) is 10.3. The summed E-state index contributed by atoms with van der Waals surface area (Å²) in [6, 6.07) is 23.6. The SMILES string of the molecule is O=C1CCN(C(=O)C(c2ccccc2)c2ccccc2)CCN1Cc1ccncc1. The van der Waals surface area contributed by atoms with Crippen LogP contribution in [0.4, 0.5) is 0 Å². The monoisotopic (exact) mass is 399 g/mol. The molecule has 0 spiro atoms. The summed E-state index contributed by atoms with van der Waals surface area (Å²) in [6.07, 6.45) is 3.81. The highest BCUT2D eigenvalue weighted by Gasteiger charge is 2.30. The Morgan fingerprint density at radius 2 is 1.43 bits per heavy atom. The summed E-state index contributed by atoms with van der Waals surface area (Å²) < 4.78 is 0. The first-order chi connectivity index (χ1) is 14.7. The van der Waals surface area contributed by atoms with Crippen LogP contribution in [-0.4, -0.2) is 46.2 Å². The summed E-state index contributed by atoms with van der Waals surface area (Å²) in [5.74, 6) is -0.238. The van der Waals surface area contributed by atoms with Crippen LogP contribution in [0, 0.1) is 0 Å². The number of rotatable bonds is 5. The molecule has 1 fully saturated rings. The van der Waals surface area contributed by atoms with E-state index in [1.54, 1.807) is 12.4 Å². The normalized spacial score (nSPS) is 14.6. The van der Waals surface area contributed by atoms with Crippen molar-refractivity contribution in [3.8, 4) is 0 Å². The van der Waals surface area contributed by atoms with Crippen LogP contribution >= 0.6 is 0 Å². The molecule has 0 saturated carbocycles. The van der Waals surface area contributed by atoms with E-state index in [-0.39, 0.29) is 17.7 Å². The maximum Gasteiger partial charge on any atom is 0.234 e. The maximum atomic E-state index is 13.6. The lowest BCUT2D eigenvalue weighted by molar-refractivity contribution is -0.131. The van der Waals surface area contributed by atoms with Gasteiger partial charge in [0.2, 0.25) is 11.8 Å².